The molecule has 1 atom stereocenters. The van der Waals surface area contributed by atoms with Gasteiger partial charge in [0.05, 0.1) is 32.6 Å². The molecule has 0 bridgehead atoms. The van der Waals surface area contributed by atoms with Crippen LogP contribution in [0.1, 0.15) is 51.3 Å². The van der Waals surface area contributed by atoms with Crippen LogP contribution >= 0.6 is 11.3 Å². The summed E-state index contributed by atoms with van der Waals surface area (Å²) in [4.78, 5) is 56.5. The zero-order chi connectivity index (χ0) is 29.2. The van der Waals surface area contributed by atoms with E-state index in [9.17, 15) is 14.4 Å². The lowest BCUT2D eigenvalue weighted by Crippen LogP contribution is -2.48. The van der Waals surface area contributed by atoms with Crippen molar-refractivity contribution in [1.29, 1.82) is 0 Å². The zero-order valence-electron chi connectivity index (χ0n) is 23.8. The first kappa shape index (κ1) is 26.6. The van der Waals surface area contributed by atoms with Gasteiger partial charge in [-0.1, -0.05) is 18.2 Å². The molecule has 0 saturated carbocycles. The van der Waals surface area contributed by atoms with E-state index in [1.807, 2.05) is 61.4 Å². The number of aromatic amines is 1. The van der Waals surface area contributed by atoms with Crippen LogP contribution < -0.4 is 10.2 Å². The molecule has 216 valence electrons. The Morgan fingerprint density at radius 3 is 2.67 bits per heavy atom. The summed E-state index contributed by atoms with van der Waals surface area (Å²) in [7, 11) is 0. The first-order chi connectivity index (χ1) is 20.1. The standard InChI is InChI=1S/C31H32N6O4S/c1-30(2,3)41-29(40)37-12-6-10-31(17-37)11-13-36(16-31)28-33-20-8-5-4-7-18(20)24(34-28)23-22(26(38)35-27(23)39)19-15-32-21-9-14-42-25(19)21/h4-5,7-9,14-15,32H,6,10-13,16-17H2,1-3H3,(H,35,38,39). The van der Waals surface area contributed by atoms with Crippen LogP contribution in [0.25, 0.3) is 32.3 Å². The fourth-order valence-electron chi connectivity index (χ4n) is 6.50. The van der Waals surface area contributed by atoms with Crippen LogP contribution in [0.15, 0.2) is 41.9 Å². The Labute approximate surface area is 246 Å². The number of para-hydroxylation sites is 1. The average molecular weight is 585 g/mol. The Balaban J connectivity index is 1.27. The van der Waals surface area contributed by atoms with Gasteiger partial charge in [-0.05, 0) is 57.5 Å². The summed E-state index contributed by atoms with van der Waals surface area (Å²) >= 11 is 1.52. The molecule has 1 spiro atoms. The van der Waals surface area contributed by atoms with E-state index in [1.54, 1.807) is 6.20 Å². The fourth-order valence-corrected chi connectivity index (χ4v) is 7.38. The van der Waals surface area contributed by atoms with Gasteiger partial charge in [-0.15, -0.1) is 11.3 Å². The Morgan fingerprint density at radius 2 is 1.83 bits per heavy atom. The second kappa shape index (κ2) is 9.65. The van der Waals surface area contributed by atoms with Gasteiger partial charge in [-0.2, -0.15) is 0 Å². The van der Waals surface area contributed by atoms with E-state index >= 15 is 0 Å². The Kier molecular flexibility index (Phi) is 6.12. The minimum Gasteiger partial charge on any atom is -0.444 e. The number of nitrogens with zero attached hydrogens (tertiary/aromatic N) is 4. The van der Waals surface area contributed by atoms with Crippen LogP contribution in [0.4, 0.5) is 10.7 Å². The molecule has 3 aliphatic heterocycles. The molecule has 6 heterocycles. The molecular formula is C31H32N6O4S. The molecule has 3 amide bonds. The van der Waals surface area contributed by atoms with Gasteiger partial charge in [0.25, 0.3) is 11.8 Å². The number of carbonyl (C=O) groups excluding carboxylic acids is 3. The minimum absolute atomic E-state index is 0.0919. The molecule has 2 saturated heterocycles. The number of carbonyl (C=O) groups is 3. The smallest absolute Gasteiger partial charge is 0.410 e. The van der Waals surface area contributed by atoms with E-state index in [4.69, 9.17) is 14.7 Å². The number of thiophene rings is 1. The van der Waals surface area contributed by atoms with E-state index in [0.29, 0.717) is 53.3 Å². The maximum Gasteiger partial charge on any atom is 0.410 e. The van der Waals surface area contributed by atoms with Gasteiger partial charge in [-0.3, -0.25) is 14.9 Å². The SMILES string of the molecule is CC(C)(C)OC(=O)N1CCCC2(CCN(c3nc(C4=C(c5c[nH]c6ccsc56)C(=O)NC4=O)c4ccccc4n3)C2)C1. The molecule has 2 fully saturated rings. The quantitative estimate of drug-likeness (QED) is 0.326. The van der Waals surface area contributed by atoms with Gasteiger partial charge in [0.2, 0.25) is 5.95 Å². The Bertz CT molecular complexity index is 1800. The second-order valence-corrected chi connectivity index (χ2v) is 13.4. The highest BCUT2D eigenvalue weighted by molar-refractivity contribution is 7.17. The summed E-state index contributed by atoms with van der Waals surface area (Å²) in [6, 6.07) is 9.54. The van der Waals surface area contributed by atoms with E-state index in [0.717, 1.165) is 36.0 Å². The number of likely N-dealkylation sites (tertiary alicyclic amines) is 1. The van der Waals surface area contributed by atoms with Gasteiger partial charge < -0.3 is 19.5 Å². The van der Waals surface area contributed by atoms with Crippen LogP contribution in [-0.4, -0.2) is 69.5 Å². The van der Waals surface area contributed by atoms with E-state index in [1.165, 1.54) is 11.3 Å². The average Bonchev–Trinajstić information content (AvgIpc) is 3.72. The molecule has 0 radical (unpaired) electrons. The molecule has 1 unspecified atom stereocenters. The van der Waals surface area contributed by atoms with Gasteiger partial charge in [0, 0.05) is 48.7 Å². The number of hydrogen-bond acceptors (Lipinski definition) is 8. The van der Waals surface area contributed by atoms with Gasteiger partial charge in [0.1, 0.15) is 5.60 Å². The number of benzene rings is 1. The molecule has 11 heteroatoms. The van der Waals surface area contributed by atoms with Crippen molar-refractivity contribution in [2.24, 2.45) is 5.41 Å². The van der Waals surface area contributed by atoms with E-state index in [2.05, 4.69) is 15.2 Å². The lowest BCUT2D eigenvalue weighted by molar-refractivity contribution is -0.122. The molecule has 10 nitrogen and oxygen atoms in total. The van der Waals surface area contributed by atoms with Gasteiger partial charge >= 0.3 is 6.09 Å². The summed E-state index contributed by atoms with van der Waals surface area (Å²) in [5.74, 6) is -0.378. The molecular weight excluding hydrogens is 552 g/mol. The number of amides is 3. The molecule has 2 N–H and O–H groups in total. The highest BCUT2D eigenvalue weighted by Gasteiger charge is 2.44. The monoisotopic (exact) mass is 584 g/mol. The third-order valence-electron chi connectivity index (χ3n) is 8.34. The van der Waals surface area contributed by atoms with Crippen molar-refractivity contribution >= 4 is 67.5 Å². The first-order valence-corrected chi connectivity index (χ1v) is 15.1. The molecule has 3 aromatic heterocycles. The fraction of sp³-hybridized carbons (Fsp3) is 0.387. The Hall–Kier alpha value is -4.25. The minimum atomic E-state index is -0.546. The molecule has 0 aliphatic carbocycles. The van der Waals surface area contributed by atoms with Crippen LogP contribution in [0.3, 0.4) is 0 Å². The lowest BCUT2D eigenvalue weighted by atomic mass is 9.79. The molecule has 3 aliphatic rings. The topological polar surface area (TPSA) is 121 Å². The largest absolute Gasteiger partial charge is 0.444 e. The second-order valence-electron chi connectivity index (χ2n) is 12.5. The number of ether oxygens (including phenoxy) is 1. The number of piperidine rings is 1. The lowest BCUT2D eigenvalue weighted by Gasteiger charge is -2.40. The first-order valence-electron chi connectivity index (χ1n) is 14.3. The van der Waals surface area contributed by atoms with Crippen molar-refractivity contribution in [3.63, 3.8) is 0 Å². The number of nitrogens with one attached hydrogen (secondary N) is 2. The number of hydrogen-bond donors (Lipinski definition) is 2. The number of imide groups is 1. The summed E-state index contributed by atoms with van der Waals surface area (Å²) in [6.07, 6.45) is 4.31. The van der Waals surface area contributed by atoms with Crippen molar-refractivity contribution in [1.82, 2.24) is 25.2 Å². The number of fused-ring (bicyclic) bond motifs is 2. The summed E-state index contributed by atoms with van der Waals surface area (Å²) in [5, 5.41) is 5.17. The number of aromatic nitrogens is 3. The van der Waals surface area contributed by atoms with Crippen LogP contribution in [0.5, 0.6) is 0 Å². The van der Waals surface area contributed by atoms with Gasteiger partial charge in [-0.25, -0.2) is 14.8 Å². The Morgan fingerprint density at radius 1 is 1.02 bits per heavy atom. The van der Waals surface area contributed by atoms with Crippen molar-refractivity contribution in [2.75, 3.05) is 31.1 Å². The number of rotatable bonds is 3. The third-order valence-corrected chi connectivity index (χ3v) is 9.29. The summed E-state index contributed by atoms with van der Waals surface area (Å²) < 4.78 is 6.59. The highest BCUT2D eigenvalue weighted by Crippen LogP contribution is 2.42. The highest BCUT2D eigenvalue weighted by atomic mass is 32.1. The maximum atomic E-state index is 13.4. The maximum absolute atomic E-state index is 13.4. The molecule has 4 aromatic rings. The van der Waals surface area contributed by atoms with Crippen LogP contribution in [-0.2, 0) is 14.3 Å². The van der Waals surface area contributed by atoms with Crippen molar-refractivity contribution < 1.29 is 19.1 Å². The predicted octanol–water partition coefficient (Wildman–Crippen LogP) is 4.97. The van der Waals surface area contributed by atoms with E-state index < -0.39 is 17.4 Å². The molecule has 42 heavy (non-hydrogen) atoms. The predicted molar refractivity (Wildman–Crippen MR) is 162 cm³/mol. The van der Waals surface area contributed by atoms with Gasteiger partial charge in [0.15, 0.2) is 0 Å². The van der Waals surface area contributed by atoms with Crippen LogP contribution in [0, 0.1) is 5.41 Å². The van der Waals surface area contributed by atoms with E-state index in [-0.39, 0.29) is 17.1 Å². The normalized spacial score (nSPS) is 21.3. The van der Waals surface area contributed by atoms with Crippen molar-refractivity contribution in [3.05, 3.63) is 53.2 Å². The van der Waals surface area contributed by atoms with Crippen LogP contribution in [0.2, 0.25) is 0 Å². The van der Waals surface area contributed by atoms with Crippen molar-refractivity contribution in [2.45, 2.75) is 45.6 Å². The molecule has 7 rings (SSSR count). The third kappa shape index (κ3) is 4.52. The summed E-state index contributed by atoms with van der Waals surface area (Å²) in [6.45, 7) is 8.37. The molecule has 1 aromatic carbocycles. The zero-order valence-corrected chi connectivity index (χ0v) is 24.6. The number of H-pyrrole nitrogens is 1. The number of anilines is 1. The van der Waals surface area contributed by atoms with Crippen molar-refractivity contribution in [3.8, 4) is 0 Å². The summed E-state index contributed by atoms with van der Waals surface area (Å²) in [5.41, 5.74) is 2.69.